The van der Waals surface area contributed by atoms with Crippen molar-refractivity contribution in [2.75, 3.05) is 13.2 Å². The van der Waals surface area contributed by atoms with Gasteiger partial charge in [-0.05, 0) is 49.6 Å². The number of fused-ring (bicyclic) bond motifs is 2. The van der Waals surface area contributed by atoms with Crippen LogP contribution in [0.3, 0.4) is 0 Å². The summed E-state index contributed by atoms with van der Waals surface area (Å²) in [5.74, 6) is 0.124. The Morgan fingerprint density at radius 1 is 1.13 bits per heavy atom. The number of aromatic nitrogens is 3. The highest BCUT2D eigenvalue weighted by Crippen LogP contribution is 2.36. The second-order valence-electron chi connectivity index (χ2n) is 7.19. The lowest BCUT2D eigenvalue weighted by molar-refractivity contribution is 0.141. The summed E-state index contributed by atoms with van der Waals surface area (Å²) in [6.45, 7) is 5.56. The predicted octanol–water partition coefficient (Wildman–Crippen LogP) is 4.99. The largest absolute Gasteiger partial charge is 0.493 e. The van der Waals surface area contributed by atoms with E-state index in [-0.39, 0.29) is 17.4 Å². The summed E-state index contributed by atoms with van der Waals surface area (Å²) in [5, 5.41) is 20.2. The topological polar surface area (TPSA) is 105 Å². The lowest BCUT2D eigenvalue weighted by Crippen LogP contribution is -2.22. The summed E-state index contributed by atoms with van der Waals surface area (Å²) in [5.41, 5.74) is 2.60. The molecule has 0 radical (unpaired) electrons. The van der Waals surface area contributed by atoms with E-state index in [0.29, 0.717) is 42.8 Å². The third-order valence-corrected chi connectivity index (χ3v) is 5.18. The predicted molar refractivity (Wildman–Crippen MR) is 121 cm³/mol. The van der Waals surface area contributed by atoms with E-state index in [1.807, 2.05) is 37.3 Å². The van der Waals surface area contributed by atoms with Crippen LogP contribution in [0.2, 0.25) is 0 Å². The highest BCUT2D eigenvalue weighted by atomic mass is 16.5. The maximum atomic E-state index is 13.1. The van der Waals surface area contributed by atoms with E-state index in [4.69, 9.17) is 4.74 Å². The number of H-pyrrole nitrogens is 1. The maximum Gasteiger partial charge on any atom is 0.262 e. The molecule has 4 rings (SSSR count). The van der Waals surface area contributed by atoms with Gasteiger partial charge in [0.1, 0.15) is 0 Å². The summed E-state index contributed by atoms with van der Waals surface area (Å²) in [4.78, 5) is 20.5. The van der Waals surface area contributed by atoms with E-state index in [0.717, 1.165) is 22.9 Å². The van der Waals surface area contributed by atoms with Crippen molar-refractivity contribution in [3.63, 3.8) is 0 Å². The molecule has 0 saturated carbocycles. The molecule has 31 heavy (non-hydrogen) atoms. The Morgan fingerprint density at radius 2 is 1.97 bits per heavy atom. The molecule has 2 N–H and O–H groups in total. The van der Waals surface area contributed by atoms with Crippen LogP contribution in [-0.2, 0) is 17.7 Å². The summed E-state index contributed by atoms with van der Waals surface area (Å²) in [6.07, 6.45) is 1.51. The van der Waals surface area contributed by atoms with E-state index >= 15 is 0 Å². The molecule has 0 atom stereocenters. The maximum absolute atomic E-state index is 13.1. The quantitative estimate of drug-likeness (QED) is 0.310. The van der Waals surface area contributed by atoms with E-state index in [1.54, 1.807) is 12.1 Å². The van der Waals surface area contributed by atoms with Gasteiger partial charge in [0.05, 0.1) is 16.4 Å². The Bertz CT molecular complexity index is 1310. The molecule has 2 heterocycles. The minimum Gasteiger partial charge on any atom is -0.493 e. The van der Waals surface area contributed by atoms with Gasteiger partial charge < -0.3 is 14.8 Å². The first-order valence-electron chi connectivity index (χ1n) is 10.4. The molecule has 0 saturated heterocycles. The van der Waals surface area contributed by atoms with Crippen molar-refractivity contribution in [1.29, 1.82) is 0 Å². The molecular formula is C23H25N5O3. The van der Waals surface area contributed by atoms with Crippen LogP contribution in [0, 0.1) is 0 Å². The fourth-order valence-corrected chi connectivity index (χ4v) is 3.53. The van der Waals surface area contributed by atoms with E-state index in [9.17, 15) is 9.90 Å². The number of ether oxygens (including phenoxy) is 1. The minimum atomic E-state index is -0.174. The van der Waals surface area contributed by atoms with Gasteiger partial charge in [-0.25, -0.2) is 4.98 Å². The summed E-state index contributed by atoms with van der Waals surface area (Å²) in [6, 6.07) is 13.0. The van der Waals surface area contributed by atoms with Crippen LogP contribution >= 0.6 is 0 Å². The van der Waals surface area contributed by atoms with Gasteiger partial charge in [0.15, 0.2) is 5.69 Å². The van der Waals surface area contributed by atoms with Crippen molar-refractivity contribution >= 4 is 33.4 Å². The standard InChI is InChI=1S/C23H25N5O3/c1-3-15-10-11-19-17(14-15)20(21(29)24-19)26-27-23-25-18-9-6-5-8-16(18)22(30)28(23)12-7-13-31-4-2/h5-6,8-11,14,24,29H,3-4,7,12-13H2,1-2H3. The van der Waals surface area contributed by atoms with Crippen molar-refractivity contribution < 1.29 is 9.84 Å². The Labute approximate surface area is 179 Å². The lowest BCUT2D eigenvalue weighted by Gasteiger charge is -2.10. The molecule has 2 aromatic heterocycles. The molecule has 8 nitrogen and oxygen atoms in total. The average molecular weight is 419 g/mol. The van der Waals surface area contributed by atoms with Crippen molar-refractivity contribution in [1.82, 2.24) is 14.5 Å². The number of rotatable bonds is 8. The highest BCUT2D eigenvalue weighted by molar-refractivity contribution is 5.94. The van der Waals surface area contributed by atoms with Crippen molar-refractivity contribution in [2.45, 2.75) is 33.2 Å². The molecule has 0 aliphatic rings. The van der Waals surface area contributed by atoms with Crippen LogP contribution in [0.1, 0.15) is 25.8 Å². The van der Waals surface area contributed by atoms with Gasteiger partial charge in [0, 0.05) is 25.1 Å². The van der Waals surface area contributed by atoms with Gasteiger partial charge in [-0.15, -0.1) is 10.2 Å². The lowest BCUT2D eigenvalue weighted by atomic mass is 10.1. The SMILES string of the molecule is CCOCCCn1c(N=Nc2c(O)[nH]c3ccc(CC)cc23)nc2ccccc2c1=O. The van der Waals surface area contributed by atoms with Gasteiger partial charge >= 0.3 is 0 Å². The van der Waals surface area contributed by atoms with Crippen LogP contribution in [0.25, 0.3) is 21.8 Å². The van der Waals surface area contributed by atoms with Crippen molar-refractivity contribution in [2.24, 2.45) is 10.2 Å². The first-order valence-corrected chi connectivity index (χ1v) is 10.4. The van der Waals surface area contributed by atoms with Crippen LogP contribution in [0.15, 0.2) is 57.5 Å². The highest BCUT2D eigenvalue weighted by Gasteiger charge is 2.13. The summed E-state index contributed by atoms with van der Waals surface area (Å²) < 4.78 is 6.91. The number of hydrogen-bond acceptors (Lipinski definition) is 6. The fraction of sp³-hybridized carbons (Fsp3) is 0.304. The molecule has 8 heteroatoms. The number of nitrogens with zero attached hydrogens (tertiary/aromatic N) is 4. The van der Waals surface area contributed by atoms with Gasteiger partial charge in [0.2, 0.25) is 5.88 Å². The molecule has 0 aliphatic heterocycles. The van der Waals surface area contributed by atoms with Crippen LogP contribution in [0.4, 0.5) is 11.6 Å². The van der Waals surface area contributed by atoms with Gasteiger partial charge in [-0.1, -0.05) is 25.1 Å². The molecule has 2 aromatic carbocycles. The zero-order valence-corrected chi connectivity index (χ0v) is 17.6. The third-order valence-electron chi connectivity index (χ3n) is 5.18. The smallest absolute Gasteiger partial charge is 0.262 e. The first-order chi connectivity index (χ1) is 15.1. The molecule has 0 aliphatic carbocycles. The Balaban J connectivity index is 1.78. The van der Waals surface area contributed by atoms with E-state index < -0.39 is 0 Å². The van der Waals surface area contributed by atoms with Gasteiger partial charge in [-0.2, -0.15) is 0 Å². The zero-order valence-electron chi connectivity index (χ0n) is 17.6. The molecule has 160 valence electrons. The number of benzene rings is 2. The molecule has 0 unspecified atom stereocenters. The number of nitrogens with one attached hydrogen (secondary N) is 1. The number of aromatic hydroxyl groups is 1. The summed E-state index contributed by atoms with van der Waals surface area (Å²) >= 11 is 0. The zero-order chi connectivity index (χ0) is 21.8. The number of aromatic amines is 1. The number of aryl methyl sites for hydroxylation is 1. The number of para-hydroxylation sites is 1. The van der Waals surface area contributed by atoms with Gasteiger partial charge in [0.25, 0.3) is 11.5 Å². The second kappa shape index (κ2) is 9.09. The van der Waals surface area contributed by atoms with Crippen molar-refractivity contribution in [3.8, 4) is 5.88 Å². The third kappa shape index (κ3) is 4.20. The average Bonchev–Trinajstić information content (AvgIpc) is 3.10. The monoisotopic (exact) mass is 419 g/mol. The van der Waals surface area contributed by atoms with E-state index in [2.05, 4.69) is 27.1 Å². The fourth-order valence-electron chi connectivity index (χ4n) is 3.53. The van der Waals surface area contributed by atoms with E-state index in [1.165, 1.54) is 4.57 Å². The second-order valence-corrected chi connectivity index (χ2v) is 7.19. The minimum absolute atomic E-state index is 0.0713. The molecule has 0 bridgehead atoms. The Kier molecular flexibility index (Phi) is 6.08. The normalized spacial score (nSPS) is 11.8. The first kappa shape index (κ1) is 20.7. The molecule has 0 amide bonds. The molecule has 4 aromatic rings. The molecule has 0 spiro atoms. The summed E-state index contributed by atoms with van der Waals surface area (Å²) in [7, 11) is 0. The van der Waals surface area contributed by atoms with Crippen LogP contribution < -0.4 is 5.56 Å². The molecule has 0 fully saturated rings. The van der Waals surface area contributed by atoms with Crippen LogP contribution in [-0.4, -0.2) is 32.9 Å². The van der Waals surface area contributed by atoms with Crippen LogP contribution in [0.5, 0.6) is 5.88 Å². The number of azo groups is 1. The van der Waals surface area contributed by atoms with Crippen molar-refractivity contribution in [3.05, 3.63) is 58.4 Å². The molecular weight excluding hydrogens is 394 g/mol. The number of hydrogen-bond donors (Lipinski definition) is 2. The Morgan fingerprint density at radius 3 is 2.77 bits per heavy atom. The Hall–Kier alpha value is -3.52. The van der Waals surface area contributed by atoms with Gasteiger partial charge in [-0.3, -0.25) is 9.36 Å².